The molecular weight excluding hydrogens is 428 g/mol. The fourth-order valence-electron chi connectivity index (χ4n) is 4.12. The molecule has 34 heavy (non-hydrogen) atoms. The van der Waals surface area contributed by atoms with Gasteiger partial charge in [0.05, 0.1) is 11.6 Å². The van der Waals surface area contributed by atoms with E-state index in [0.29, 0.717) is 36.9 Å². The number of carbonyl (C=O) groups is 2. The molecule has 0 aliphatic carbocycles. The lowest BCUT2D eigenvalue weighted by molar-refractivity contribution is -0.140. The molecule has 180 valence electrons. The molecular formula is C28H34N2O4. The summed E-state index contributed by atoms with van der Waals surface area (Å²) in [5.41, 5.74) is 3.32. The van der Waals surface area contributed by atoms with Crippen molar-refractivity contribution in [2.45, 2.75) is 32.7 Å². The van der Waals surface area contributed by atoms with E-state index < -0.39 is 17.7 Å². The van der Waals surface area contributed by atoms with Gasteiger partial charge in [-0.05, 0) is 61.8 Å². The maximum Gasteiger partial charge on any atom is 0.295 e. The van der Waals surface area contributed by atoms with Crippen LogP contribution in [0.25, 0.3) is 5.76 Å². The number of ether oxygens (including phenoxy) is 1. The highest BCUT2D eigenvalue weighted by Gasteiger charge is 2.46. The number of rotatable bonds is 9. The summed E-state index contributed by atoms with van der Waals surface area (Å²) >= 11 is 0. The molecule has 0 bridgehead atoms. The summed E-state index contributed by atoms with van der Waals surface area (Å²) in [6.45, 7) is 11.1. The van der Waals surface area contributed by atoms with E-state index in [-0.39, 0.29) is 11.3 Å². The average Bonchev–Trinajstić information content (AvgIpc) is 3.05. The first-order chi connectivity index (χ1) is 16.1. The Bertz CT molecular complexity index is 1100. The van der Waals surface area contributed by atoms with Crippen LogP contribution in [0, 0.1) is 6.92 Å². The number of aryl methyl sites for hydroxylation is 1. The summed E-state index contributed by atoms with van der Waals surface area (Å²) in [6.07, 6.45) is 1.66. The van der Waals surface area contributed by atoms with Gasteiger partial charge in [-0.2, -0.15) is 0 Å². The van der Waals surface area contributed by atoms with Gasteiger partial charge in [0.1, 0.15) is 18.1 Å². The number of aliphatic hydroxyl groups is 1. The zero-order valence-corrected chi connectivity index (χ0v) is 20.7. The van der Waals surface area contributed by atoms with Crippen LogP contribution in [-0.4, -0.2) is 60.4 Å². The first kappa shape index (κ1) is 25.2. The molecule has 3 rings (SSSR count). The summed E-state index contributed by atoms with van der Waals surface area (Å²) in [4.78, 5) is 29.8. The summed E-state index contributed by atoms with van der Waals surface area (Å²) in [5.74, 6) is -0.429. The minimum atomic E-state index is -0.666. The molecule has 0 radical (unpaired) electrons. The number of hydrogen-bond acceptors (Lipinski definition) is 5. The number of likely N-dealkylation sites (N-methyl/N-ethyl adjacent to an activating group) is 1. The Balaban J connectivity index is 2.11. The molecule has 1 N–H and O–H groups in total. The van der Waals surface area contributed by atoms with Crippen molar-refractivity contribution >= 4 is 17.4 Å². The third-order valence-corrected chi connectivity index (χ3v) is 6.07. The number of benzene rings is 2. The quantitative estimate of drug-likeness (QED) is 0.254. The van der Waals surface area contributed by atoms with Gasteiger partial charge in [0.25, 0.3) is 11.7 Å². The highest BCUT2D eigenvalue weighted by atomic mass is 16.5. The van der Waals surface area contributed by atoms with Gasteiger partial charge in [-0.15, -0.1) is 0 Å². The third-order valence-electron chi connectivity index (χ3n) is 6.07. The van der Waals surface area contributed by atoms with Gasteiger partial charge in [-0.1, -0.05) is 50.8 Å². The normalized spacial score (nSPS) is 17.6. The third kappa shape index (κ3) is 5.23. The van der Waals surface area contributed by atoms with Gasteiger partial charge >= 0.3 is 0 Å². The Morgan fingerprint density at radius 3 is 2.41 bits per heavy atom. The van der Waals surface area contributed by atoms with Crippen LogP contribution < -0.4 is 4.74 Å². The number of carbonyl (C=O) groups excluding carboxylic acids is 2. The van der Waals surface area contributed by atoms with Crippen molar-refractivity contribution < 1.29 is 19.4 Å². The second kappa shape index (κ2) is 10.7. The highest BCUT2D eigenvalue weighted by Crippen LogP contribution is 2.40. The van der Waals surface area contributed by atoms with E-state index in [0.717, 1.165) is 11.1 Å². The summed E-state index contributed by atoms with van der Waals surface area (Å²) < 4.78 is 5.58. The summed E-state index contributed by atoms with van der Waals surface area (Å²) in [6, 6.07) is 12.5. The maximum atomic E-state index is 13.2. The molecule has 1 aliphatic heterocycles. The van der Waals surface area contributed by atoms with Gasteiger partial charge in [0.2, 0.25) is 0 Å². The Kier molecular flexibility index (Phi) is 7.94. The lowest BCUT2D eigenvalue weighted by Crippen LogP contribution is -2.35. The van der Waals surface area contributed by atoms with Gasteiger partial charge < -0.3 is 19.6 Å². The number of hydrogen-bond donors (Lipinski definition) is 1. The minimum absolute atomic E-state index is 0.115. The van der Waals surface area contributed by atoms with E-state index in [1.807, 2.05) is 50.2 Å². The molecule has 1 fully saturated rings. The van der Waals surface area contributed by atoms with Gasteiger partial charge in [0.15, 0.2) is 0 Å². The standard InChI is InChI=1S/C28H34N2O4/c1-7-16-34-22-12-13-23(19(4)17-22)26(31)24-25(21-10-8-20(9-11-21)18(2)3)30(15-14-29(5)6)28(33)27(24)32/h7-13,17-18,25,31H,1,14-16H2,2-6H3/t25-/m1/s1. The van der Waals surface area contributed by atoms with Crippen molar-refractivity contribution in [1.29, 1.82) is 0 Å². The van der Waals surface area contributed by atoms with Crippen LogP contribution >= 0.6 is 0 Å². The Morgan fingerprint density at radius 2 is 1.85 bits per heavy atom. The smallest absolute Gasteiger partial charge is 0.295 e. The van der Waals surface area contributed by atoms with Crippen LogP contribution in [-0.2, 0) is 9.59 Å². The van der Waals surface area contributed by atoms with Crippen molar-refractivity contribution in [2.75, 3.05) is 33.8 Å². The van der Waals surface area contributed by atoms with Crippen LogP contribution in [0.2, 0.25) is 0 Å². The molecule has 1 atom stereocenters. The van der Waals surface area contributed by atoms with E-state index in [4.69, 9.17) is 4.74 Å². The first-order valence-electron chi connectivity index (χ1n) is 11.5. The zero-order valence-electron chi connectivity index (χ0n) is 20.7. The molecule has 1 aliphatic rings. The molecule has 0 saturated carbocycles. The van der Waals surface area contributed by atoms with Crippen molar-refractivity contribution in [1.82, 2.24) is 9.80 Å². The van der Waals surface area contributed by atoms with Crippen molar-refractivity contribution in [3.63, 3.8) is 0 Å². The fraction of sp³-hybridized carbons (Fsp3) is 0.357. The number of Topliss-reactive ketones (excluding diaryl/α,β-unsaturated/α-hetero) is 1. The van der Waals surface area contributed by atoms with Gasteiger partial charge in [-0.25, -0.2) is 0 Å². The van der Waals surface area contributed by atoms with E-state index in [1.54, 1.807) is 29.2 Å². The van der Waals surface area contributed by atoms with E-state index >= 15 is 0 Å². The second-order valence-electron chi connectivity index (χ2n) is 9.19. The molecule has 0 aromatic heterocycles. The average molecular weight is 463 g/mol. The molecule has 1 saturated heterocycles. The number of likely N-dealkylation sites (tertiary alicyclic amines) is 1. The minimum Gasteiger partial charge on any atom is -0.507 e. The van der Waals surface area contributed by atoms with Crippen LogP contribution in [0.5, 0.6) is 5.75 Å². The second-order valence-corrected chi connectivity index (χ2v) is 9.19. The zero-order chi connectivity index (χ0) is 25.0. The number of ketones is 1. The molecule has 1 heterocycles. The van der Waals surface area contributed by atoms with Gasteiger partial charge in [0, 0.05) is 18.7 Å². The predicted octanol–water partition coefficient (Wildman–Crippen LogP) is 4.67. The van der Waals surface area contributed by atoms with E-state index in [9.17, 15) is 14.7 Å². The van der Waals surface area contributed by atoms with Crippen LogP contribution in [0.3, 0.4) is 0 Å². The molecule has 6 heteroatoms. The molecule has 6 nitrogen and oxygen atoms in total. The maximum absolute atomic E-state index is 13.2. The lowest BCUT2D eigenvalue weighted by Gasteiger charge is -2.27. The Labute approximate surface area is 202 Å². The highest BCUT2D eigenvalue weighted by molar-refractivity contribution is 6.46. The van der Waals surface area contributed by atoms with Crippen molar-refractivity contribution in [2.24, 2.45) is 0 Å². The summed E-state index contributed by atoms with van der Waals surface area (Å²) in [7, 11) is 3.84. The monoisotopic (exact) mass is 462 g/mol. The van der Waals surface area contributed by atoms with Crippen LogP contribution in [0.4, 0.5) is 0 Å². The Morgan fingerprint density at radius 1 is 1.18 bits per heavy atom. The van der Waals surface area contributed by atoms with Crippen molar-refractivity contribution in [3.8, 4) is 5.75 Å². The topological polar surface area (TPSA) is 70.1 Å². The molecule has 0 unspecified atom stereocenters. The van der Waals surface area contributed by atoms with Crippen molar-refractivity contribution in [3.05, 3.63) is 82.9 Å². The van der Waals surface area contributed by atoms with E-state index in [2.05, 4.69) is 20.4 Å². The van der Waals surface area contributed by atoms with Crippen LogP contribution in [0.1, 0.15) is 48.1 Å². The molecule has 2 aromatic carbocycles. The molecule has 0 spiro atoms. The Hall–Kier alpha value is -3.38. The predicted molar refractivity (Wildman–Crippen MR) is 135 cm³/mol. The lowest BCUT2D eigenvalue weighted by atomic mass is 9.92. The fourth-order valence-corrected chi connectivity index (χ4v) is 4.12. The van der Waals surface area contributed by atoms with Crippen LogP contribution in [0.15, 0.2) is 60.7 Å². The molecule has 1 amide bonds. The molecule has 2 aromatic rings. The van der Waals surface area contributed by atoms with Gasteiger partial charge in [-0.3, -0.25) is 9.59 Å². The largest absolute Gasteiger partial charge is 0.507 e. The number of nitrogens with zero attached hydrogens (tertiary/aromatic N) is 2. The first-order valence-corrected chi connectivity index (χ1v) is 11.5. The SMILES string of the molecule is C=CCOc1ccc(C(O)=C2C(=O)C(=O)N(CCN(C)C)[C@@H]2c2ccc(C(C)C)cc2)c(C)c1. The van der Waals surface area contributed by atoms with E-state index in [1.165, 1.54) is 5.56 Å². The number of amides is 1. The summed E-state index contributed by atoms with van der Waals surface area (Å²) in [5, 5.41) is 11.3. The number of aliphatic hydroxyl groups excluding tert-OH is 1.